The molecule has 126 valence electrons. The van der Waals surface area contributed by atoms with E-state index in [2.05, 4.69) is 10.3 Å². The number of pyridine rings is 1. The van der Waals surface area contributed by atoms with Gasteiger partial charge in [-0.1, -0.05) is 25.1 Å². The third-order valence-electron chi connectivity index (χ3n) is 4.57. The standard InChI is InChI=1S/C19H23N3O2/c1-2-5-17(23)22-12-9-15(10-13-22)19(24)21-16-8-3-6-14-7-4-11-20-18(14)16/h3-4,6-8,11,15H,2,5,9-10,12-13H2,1H3,(H,21,24). The molecule has 2 aromatic rings. The van der Waals surface area contributed by atoms with Crippen molar-refractivity contribution in [3.8, 4) is 0 Å². The average molecular weight is 325 g/mol. The Balaban J connectivity index is 1.63. The van der Waals surface area contributed by atoms with E-state index < -0.39 is 0 Å². The molecule has 1 saturated heterocycles. The normalized spacial score (nSPS) is 15.5. The predicted molar refractivity (Wildman–Crippen MR) is 94.6 cm³/mol. The summed E-state index contributed by atoms with van der Waals surface area (Å²) >= 11 is 0. The number of aromatic nitrogens is 1. The zero-order valence-electron chi connectivity index (χ0n) is 14.0. The minimum atomic E-state index is -0.0466. The number of nitrogens with zero attached hydrogens (tertiary/aromatic N) is 2. The third-order valence-corrected chi connectivity index (χ3v) is 4.57. The van der Waals surface area contributed by atoms with Crippen LogP contribution in [0.25, 0.3) is 10.9 Å². The lowest BCUT2D eigenvalue weighted by Crippen LogP contribution is -2.41. The van der Waals surface area contributed by atoms with Gasteiger partial charge in [0.1, 0.15) is 0 Å². The number of benzene rings is 1. The first-order valence-electron chi connectivity index (χ1n) is 8.61. The summed E-state index contributed by atoms with van der Waals surface area (Å²) in [4.78, 5) is 30.7. The van der Waals surface area contributed by atoms with Crippen LogP contribution >= 0.6 is 0 Å². The summed E-state index contributed by atoms with van der Waals surface area (Å²) in [5, 5.41) is 4.03. The largest absolute Gasteiger partial charge is 0.343 e. The first-order valence-corrected chi connectivity index (χ1v) is 8.61. The number of piperidine rings is 1. The van der Waals surface area contributed by atoms with E-state index in [4.69, 9.17) is 0 Å². The highest BCUT2D eigenvalue weighted by Crippen LogP contribution is 2.24. The number of nitrogens with one attached hydrogen (secondary N) is 1. The van der Waals surface area contributed by atoms with Crippen LogP contribution in [0.4, 0.5) is 5.69 Å². The van der Waals surface area contributed by atoms with Gasteiger partial charge in [0.2, 0.25) is 11.8 Å². The predicted octanol–water partition coefficient (Wildman–Crippen LogP) is 3.21. The molecule has 1 aromatic heterocycles. The summed E-state index contributed by atoms with van der Waals surface area (Å²) in [6.45, 7) is 3.35. The van der Waals surface area contributed by atoms with E-state index in [1.807, 2.05) is 42.2 Å². The maximum Gasteiger partial charge on any atom is 0.227 e. The van der Waals surface area contributed by atoms with Crippen molar-refractivity contribution in [2.45, 2.75) is 32.6 Å². The Morgan fingerprint density at radius 3 is 2.71 bits per heavy atom. The molecule has 1 aromatic carbocycles. The SMILES string of the molecule is CCCC(=O)N1CCC(C(=O)Nc2cccc3cccnc23)CC1. The third kappa shape index (κ3) is 3.55. The quantitative estimate of drug-likeness (QED) is 0.939. The summed E-state index contributed by atoms with van der Waals surface area (Å²) in [5.41, 5.74) is 1.56. The van der Waals surface area contributed by atoms with Gasteiger partial charge in [-0.15, -0.1) is 0 Å². The fourth-order valence-corrected chi connectivity index (χ4v) is 3.20. The molecular weight excluding hydrogens is 302 g/mol. The first-order chi connectivity index (χ1) is 11.7. The Morgan fingerprint density at radius 1 is 1.21 bits per heavy atom. The summed E-state index contributed by atoms with van der Waals surface area (Å²) < 4.78 is 0. The summed E-state index contributed by atoms with van der Waals surface area (Å²) in [6, 6.07) is 9.65. The molecule has 0 saturated carbocycles. The lowest BCUT2D eigenvalue weighted by Gasteiger charge is -2.31. The molecule has 1 fully saturated rings. The molecule has 0 unspecified atom stereocenters. The summed E-state index contributed by atoms with van der Waals surface area (Å²) in [7, 11) is 0. The second-order valence-electron chi connectivity index (χ2n) is 6.28. The molecule has 0 spiro atoms. The topological polar surface area (TPSA) is 62.3 Å². The molecule has 1 N–H and O–H groups in total. The van der Waals surface area contributed by atoms with Gasteiger partial charge >= 0.3 is 0 Å². The first kappa shape index (κ1) is 16.4. The zero-order valence-corrected chi connectivity index (χ0v) is 14.0. The van der Waals surface area contributed by atoms with E-state index in [0.717, 1.165) is 35.9 Å². The number of amides is 2. The number of anilines is 1. The molecule has 0 aliphatic carbocycles. The molecule has 5 heteroatoms. The van der Waals surface area contributed by atoms with Crippen LogP contribution in [-0.2, 0) is 9.59 Å². The van der Waals surface area contributed by atoms with Gasteiger partial charge in [-0.05, 0) is 31.4 Å². The second kappa shape index (κ2) is 7.43. The fourth-order valence-electron chi connectivity index (χ4n) is 3.20. The molecule has 1 aliphatic rings. The van der Waals surface area contributed by atoms with E-state index in [-0.39, 0.29) is 17.7 Å². The van der Waals surface area contributed by atoms with Crippen molar-refractivity contribution in [2.24, 2.45) is 5.92 Å². The molecular formula is C19H23N3O2. The van der Waals surface area contributed by atoms with E-state index in [1.54, 1.807) is 6.20 Å². The Hall–Kier alpha value is -2.43. The molecule has 0 atom stereocenters. The monoisotopic (exact) mass is 325 g/mol. The number of rotatable bonds is 4. The number of carbonyl (C=O) groups is 2. The van der Waals surface area contributed by atoms with Gasteiger partial charge < -0.3 is 10.2 Å². The van der Waals surface area contributed by atoms with E-state index in [0.29, 0.717) is 19.5 Å². The molecule has 3 rings (SSSR count). The van der Waals surface area contributed by atoms with Crippen molar-refractivity contribution < 1.29 is 9.59 Å². The van der Waals surface area contributed by atoms with Gasteiger partial charge in [-0.2, -0.15) is 0 Å². The van der Waals surface area contributed by atoms with Crippen LogP contribution in [0.1, 0.15) is 32.6 Å². The Labute approximate surface area is 142 Å². The number of carbonyl (C=O) groups excluding carboxylic acids is 2. The lowest BCUT2D eigenvalue weighted by atomic mass is 9.95. The van der Waals surface area contributed by atoms with Crippen molar-refractivity contribution >= 4 is 28.4 Å². The van der Waals surface area contributed by atoms with Crippen LogP contribution in [0.2, 0.25) is 0 Å². The van der Waals surface area contributed by atoms with Crippen molar-refractivity contribution in [3.63, 3.8) is 0 Å². The van der Waals surface area contributed by atoms with Crippen molar-refractivity contribution in [1.29, 1.82) is 0 Å². The van der Waals surface area contributed by atoms with E-state index >= 15 is 0 Å². The minimum Gasteiger partial charge on any atom is -0.343 e. The Morgan fingerprint density at radius 2 is 1.96 bits per heavy atom. The van der Waals surface area contributed by atoms with Crippen LogP contribution in [-0.4, -0.2) is 34.8 Å². The number of para-hydroxylation sites is 1. The average Bonchev–Trinajstić information content (AvgIpc) is 2.62. The van der Waals surface area contributed by atoms with Crippen LogP contribution < -0.4 is 5.32 Å². The van der Waals surface area contributed by atoms with Crippen LogP contribution in [0.5, 0.6) is 0 Å². The summed E-state index contributed by atoms with van der Waals surface area (Å²) in [6.07, 6.45) is 4.64. The molecule has 2 heterocycles. The summed E-state index contributed by atoms with van der Waals surface area (Å²) in [5.74, 6) is 0.181. The van der Waals surface area contributed by atoms with Crippen LogP contribution in [0.3, 0.4) is 0 Å². The maximum absolute atomic E-state index is 12.6. The van der Waals surface area contributed by atoms with Gasteiger partial charge in [0.05, 0.1) is 11.2 Å². The van der Waals surface area contributed by atoms with E-state index in [1.165, 1.54) is 0 Å². The highest BCUT2D eigenvalue weighted by atomic mass is 16.2. The molecule has 0 radical (unpaired) electrons. The minimum absolute atomic E-state index is 0.0238. The number of likely N-dealkylation sites (tertiary alicyclic amines) is 1. The molecule has 1 aliphatic heterocycles. The Bertz CT molecular complexity index is 731. The van der Waals surface area contributed by atoms with Crippen molar-refractivity contribution in [1.82, 2.24) is 9.88 Å². The van der Waals surface area contributed by atoms with E-state index in [9.17, 15) is 9.59 Å². The molecule has 2 amide bonds. The van der Waals surface area contributed by atoms with Gasteiger partial charge in [0, 0.05) is 37.0 Å². The Kier molecular flexibility index (Phi) is 5.08. The highest BCUT2D eigenvalue weighted by Gasteiger charge is 2.27. The van der Waals surface area contributed by atoms with Crippen LogP contribution in [0, 0.1) is 5.92 Å². The highest BCUT2D eigenvalue weighted by molar-refractivity contribution is 6.01. The number of hydrogen-bond acceptors (Lipinski definition) is 3. The molecule has 0 bridgehead atoms. The van der Waals surface area contributed by atoms with Crippen LogP contribution in [0.15, 0.2) is 36.5 Å². The van der Waals surface area contributed by atoms with Crippen molar-refractivity contribution in [3.05, 3.63) is 36.5 Å². The van der Waals surface area contributed by atoms with Crippen molar-refractivity contribution in [2.75, 3.05) is 18.4 Å². The second-order valence-corrected chi connectivity index (χ2v) is 6.28. The van der Waals surface area contributed by atoms with Gasteiger partial charge in [-0.3, -0.25) is 14.6 Å². The maximum atomic E-state index is 12.6. The van der Waals surface area contributed by atoms with Gasteiger partial charge in [0.25, 0.3) is 0 Å². The number of fused-ring (bicyclic) bond motifs is 1. The zero-order chi connectivity index (χ0) is 16.9. The fraction of sp³-hybridized carbons (Fsp3) is 0.421. The molecule has 24 heavy (non-hydrogen) atoms. The van der Waals surface area contributed by atoms with Gasteiger partial charge in [0.15, 0.2) is 0 Å². The lowest BCUT2D eigenvalue weighted by molar-refractivity contribution is -0.134. The number of hydrogen-bond donors (Lipinski definition) is 1. The molecule has 5 nitrogen and oxygen atoms in total. The van der Waals surface area contributed by atoms with Gasteiger partial charge in [-0.25, -0.2) is 0 Å². The smallest absolute Gasteiger partial charge is 0.227 e.